The van der Waals surface area contributed by atoms with Crippen LogP contribution in [0.25, 0.3) is 28.4 Å². The van der Waals surface area contributed by atoms with Crippen LogP contribution in [0.15, 0.2) is 66.4 Å². The molecule has 35 heavy (non-hydrogen) atoms. The summed E-state index contributed by atoms with van der Waals surface area (Å²) in [6, 6.07) is 16.3. The van der Waals surface area contributed by atoms with Crippen LogP contribution in [0.5, 0.6) is 0 Å². The van der Waals surface area contributed by atoms with Gasteiger partial charge >= 0.3 is 5.65 Å². The Bertz CT molecular complexity index is 1500. The molecule has 0 bridgehead atoms. The lowest BCUT2D eigenvalue weighted by Gasteiger charge is -2.23. The minimum absolute atomic E-state index is 0. The van der Waals surface area contributed by atoms with Gasteiger partial charge in [-0.05, 0) is 36.8 Å². The van der Waals surface area contributed by atoms with Crippen LogP contribution < -0.4 is 27.6 Å². The van der Waals surface area contributed by atoms with Gasteiger partial charge in [-0.1, -0.05) is 55.2 Å². The molecule has 1 aliphatic heterocycles. The first kappa shape index (κ1) is 24.4. The number of nitrogens with zero attached hydrogens (tertiary/aromatic N) is 5. The zero-order valence-corrected chi connectivity index (χ0v) is 21.1. The van der Waals surface area contributed by atoms with E-state index in [1.807, 2.05) is 41.0 Å². The molecular formula is C27H29ClN6O. The number of aryl methyl sites for hydroxylation is 1. The number of amides is 1. The molecule has 0 spiro atoms. The van der Waals surface area contributed by atoms with Crippen LogP contribution in [0.2, 0.25) is 0 Å². The second-order valence-corrected chi connectivity index (χ2v) is 9.13. The van der Waals surface area contributed by atoms with Crippen LogP contribution in [-0.4, -0.2) is 27.5 Å². The van der Waals surface area contributed by atoms with Crippen LogP contribution in [0.4, 0.5) is 5.69 Å². The Hall–Kier alpha value is -3.71. The van der Waals surface area contributed by atoms with Gasteiger partial charge in [-0.3, -0.25) is 4.79 Å². The number of benzene rings is 2. The molecule has 0 fully saturated rings. The number of hydrogen-bond acceptors (Lipinski definition) is 4. The number of imidazole rings is 1. The summed E-state index contributed by atoms with van der Waals surface area (Å²) in [6.07, 6.45) is 6.20. The standard InChI is InChI=1S/C27H28N6O.ClH/c1-5-32-24(16-10-15-22-27(2,3)18-11-6-9-14-21(18)31(22)4)33(17-23(28)34)26-25(32)29-19-12-7-8-13-20(19)30-26;/h6-16H,5,17H2,1-4H3,(H-,28,34);1H. The van der Waals surface area contributed by atoms with Crippen LogP contribution in [0.3, 0.4) is 0 Å². The number of primary amides is 1. The van der Waals surface area contributed by atoms with Crippen molar-refractivity contribution in [3.63, 3.8) is 0 Å². The number of allylic oxidation sites excluding steroid dienone is 3. The molecule has 2 aromatic heterocycles. The van der Waals surface area contributed by atoms with Crippen molar-refractivity contribution < 1.29 is 21.8 Å². The predicted molar refractivity (Wildman–Crippen MR) is 135 cm³/mol. The third kappa shape index (κ3) is 3.96. The molecule has 0 saturated carbocycles. The minimum atomic E-state index is -0.421. The summed E-state index contributed by atoms with van der Waals surface area (Å²) in [4.78, 5) is 23.9. The molecule has 5 rings (SSSR count). The van der Waals surface area contributed by atoms with Crippen LogP contribution in [0, 0.1) is 0 Å². The van der Waals surface area contributed by atoms with Crippen molar-refractivity contribution in [3.05, 3.63) is 77.8 Å². The van der Waals surface area contributed by atoms with E-state index in [0.29, 0.717) is 12.2 Å². The highest BCUT2D eigenvalue weighted by Gasteiger charge is 2.37. The molecule has 0 saturated heterocycles. The van der Waals surface area contributed by atoms with E-state index in [-0.39, 0.29) is 24.4 Å². The molecule has 1 amide bonds. The van der Waals surface area contributed by atoms with E-state index in [9.17, 15) is 4.79 Å². The van der Waals surface area contributed by atoms with Crippen molar-refractivity contribution in [3.8, 4) is 0 Å². The average Bonchev–Trinajstić information content (AvgIpc) is 3.20. The lowest BCUT2D eigenvalue weighted by Crippen LogP contribution is -3.00. The number of likely N-dealkylation sites (N-methyl/N-ethyl adjacent to an activating group) is 1. The molecule has 4 aromatic rings. The van der Waals surface area contributed by atoms with Gasteiger partial charge in [-0.25, -0.2) is 14.1 Å². The lowest BCUT2D eigenvalue weighted by molar-refractivity contribution is -0.662. The number of carbonyl (C=O) groups is 1. The van der Waals surface area contributed by atoms with Crippen molar-refractivity contribution in [2.45, 2.75) is 39.3 Å². The Kier molecular flexibility index (Phi) is 6.38. The topological polar surface area (TPSA) is 80.9 Å². The molecule has 2 aromatic carbocycles. The molecule has 3 heterocycles. The fourth-order valence-electron chi connectivity index (χ4n) is 5.04. The van der Waals surface area contributed by atoms with Crippen molar-refractivity contribution in [1.82, 2.24) is 14.5 Å². The van der Waals surface area contributed by atoms with Crippen molar-refractivity contribution in [2.24, 2.45) is 5.73 Å². The highest BCUT2D eigenvalue weighted by molar-refractivity contribution is 5.82. The van der Waals surface area contributed by atoms with Crippen LogP contribution in [0.1, 0.15) is 32.2 Å². The first-order valence-electron chi connectivity index (χ1n) is 11.5. The second kappa shape index (κ2) is 9.15. The molecule has 7 nitrogen and oxygen atoms in total. The summed E-state index contributed by atoms with van der Waals surface area (Å²) in [5.41, 5.74) is 12.2. The van der Waals surface area contributed by atoms with E-state index in [2.05, 4.69) is 67.6 Å². The summed E-state index contributed by atoms with van der Waals surface area (Å²) in [5.74, 6) is 0.412. The SMILES string of the molecule is CCn1c(/C=C/C=C2/N(C)c3ccccc3C2(C)C)[n+](CC(N)=O)c2nc3ccccc3nc21.[Cl-]. The first-order chi connectivity index (χ1) is 16.3. The molecule has 1 aliphatic rings. The van der Waals surface area contributed by atoms with Crippen molar-refractivity contribution in [2.75, 3.05) is 11.9 Å². The molecule has 0 unspecified atom stereocenters. The van der Waals surface area contributed by atoms with Gasteiger partial charge in [0.05, 0.1) is 6.54 Å². The van der Waals surface area contributed by atoms with Crippen molar-refractivity contribution in [1.29, 1.82) is 0 Å². The number of carbonyl (C=O) groups excluding carboxylic acids is 1. The summed E-state index contributed by atoms with van der Waals surface area (Å²) in [7, 11) is 2.10. The first-order valence-corrected chi connectivity index (χ1v) is 11.5. The smallest absolute Gasteiger partial charge is 0.323 e. The van der Waals surface area contributed by atoms with Gasteiger partial charge in [-0.2, -0.15) is 0 Å². The third-order valence-electron chi connectivity index (χ3n) is 6.67. The highest BCUT2D eigenvalue weighted by atomic mass is 35.5. The molecule has 0 aliphatic carbocycles. The molecule has 2 N–H and O–H groups in total. The zero-order chi connectivity index (χ0) is 24.0. The minimum Gasteiger partial charge on any atom is -1.00 e. The van der Waals surface area contributed by atoms with E-state index >= 15 is 0 Å². The fraction of sp³-hybridized carbons (Fsp3) is 0.259. The van der Waals surface area contributed by atoms with Gasteiger partial charge in [0.2, 0.25) is 5.82 Å². The molecule has 0 atom stereocenters. The van der Waals surface area contributed by atoms with E-state index in [1.54, 1.807) is 0 Å². The Morgan fingerprint density at radius 2 is 1.74 bits per heavy atom. The highest BCUT2D eigenvalue weighted by Crippen LogP contribution is 2.46. The van der Waals surface area contributed by atoms with E-state index in [0.717, 1.165) is 22.5 Å². The summed E-state index contributed by atoms with van der Waals surface area (Å²) >= 11 is 0. The van der Waals surface area contributed by atoms with E-state index in [4.69, 9.17) is 15.7 Å². The number of halogens is 1. The Morgan fingerprint density at radius 3 is 2.40 bits per heavy atom. The zero-order valence-electron chi connectivity index (χ0n) is 20.4. The van der Waals surface area contributed by atoms with E-state index in [1.165, 1.54) is 16.9 Å². The van der Waals surface area contributed by atoms with Crippen molar-refractivity contribution >= 4 is 40.0 Å². The summed E-state index contributed by atoms with van der Waals surface area (Å²) < 4.78 is 3.93. The number of para-hydroxylation sites is 3. The molecule has 0 radical (unpaired) electrons. The van der Waals surface area contributed by atoms with Crippen LogP contribution in [-0.2, 0) is 23.3 Å². The quantitative estimate of drug-likeness (QED) is 0.419. The monoisotopic (exact) mass is 488 g/mol. The number of hydrogen-bond donors (Lipinski definition) is 1. The summed E-state index contributed by atoms with van der Waals surface area (Å²) in [5, 5.41) is 0. The maximum absolute atomic E-state index is 12.0. The van der Waals surface area contributed by atoms with Gasteiger partial charge in [-0.15, -0.1) is 0 Å². The normalized spacial score (nSPS) is 15.8. The second-order valence-electron chi connectivity index (χ2n) is 9.13. The maximum atomic E-state index is 12.0. The summed E-state index contributed by atoms with van der Waals surface area (Å²) in [6.45, 7) is 7.26. The van der Waals surface area contributed by atoms with Gasteiger partial charge in [0.15, 0.2) is 12.1 Å². The Labute approximate surface area is 211 Å². The largest absolute Gasteiger partial charge is 1.00 e. The number of anilines is 1. The van der Waals surface area contributed by atoms with E-state index < -0.39 is 5.91 Å². The van der Waals surface area contributed by atoms with Gasteiger partial charge < -0.3 is 23.0 Å². The maximum Gasteiger partial charge on any atom is 0.323 e. The van der Waals surface area contributed by atoms with Gasteiger partial charge in [0, 0.05) is 29.9 Å². The number of nitrogens with two attached hydrogens (primary N) is 1. The number of fused-ring (bicyclic) bond motifs is 3. The predicted octanol–water partition coefficient (Wildman–Crippen LogP) is 0.706. The fourth-order valence-corrected chi connectivity index (χ4v) is 5.04. The number of aromatic nitrogens is 4. The third-order valence-corrected chi connectivity index (χ3v) is 6.67. The molecule has 8 heteroatoms. The Morgan fingerprint density at radius 1 is 1.09 bits per heavy atom. The molecule has 180 valence electrons. The van der Waals surface area contributed by atoms with Gasteiger partial charge in [0.1, 0.15) is 5.52 Å². The number of rotatable bonds is 5. The lowest BCUT2D eigenvalue weighted by atomic mass is 9.84. The average molecular weight is 489 g/mol. The van der Waals surface area contributed by atoms with Gasteiger partial charge in [0.25, 0.3) is 11.6 Å². The van der Waals surface area contributed by atoms with Crippen LogP contribution >= 0.6 is 0 Å². The Balaban J connectivity index is 0.00000289. The molecular weight excluding hydrogens is 460 g/mol.